The minimum atomic E-state index is -0.322. The van der Waals surface area contributed by atoms with E-state index in [1.165, 1.54) is 0 Å². The van der Waals surface area contributed by atoms with E-state index in [2.05, 4.69) is 22.0 Å². The third-order valence-electron chi connectivity index (χ3n) is 5.14. The molecule has 5 heteroatoms. The van der Waals surface area contributed by atoms with E-state index in [0.717, 1.165) is 39.2 Å². The maximum atomic E-state index is 13.9. The molecule has 3 aromatic rings. The summed E-state index contributed by atoms with van der Waals surface area (Å²) >= 11 is 5.35. The zero-order valence-electron chi connectivity index (χ0n) is 16.1. The van der Waals surface area contributed by atoms with Gasteiger partial charge in [-0.1, -0.05) is 76.6 Å². The number of thioether (sulfide) groups is 1. The van der Waals surface area contributed by atoms with Gasteiger partial charge in [0.05, 0.1) is 13.0 Å². The van der Waals surface area contributed by atoms with Crippen molar-refractivity contribution in [3.8, 4) is 5.75 Å². The Bertz CT molecular complexity index is 941. The Morgan fingerprint density at radius 3 is 2.24 bits per heavy atom. The molecule has 1 saturated heterocycles. The molecule has 0 saturated carbocycles. The van der Waals surface area contributed by atoms with Gasteiger partial charge in [0, 0.05) is 22.3 Å². The number of hydrogen-bond acceptors (Lipinski definition) is 3. The lowest BCUT2D eigenvalue weighted by atomic mass is 9.90. The van der Waals surface area contributed by atoms with Crippen LogP contribution in [-0.4, -0.2) is 30.2 Å². The van der Waals surface area contributed by atoms with Gasteiger partial charge >= 0.3 is 0 Å². The van der Waals surface area contributed by atoms with Crippen LogP contribution >= 0.6 is 27.7 Å². The molecule has 148 valence electrons. The predicted molar refractivity (Wildman–Crippen MR) is 122 cm³/mol. The van der Waals surface area contributed by atoms with E-state index in [-0.39, 0.29) is 17.2 Å². The molecule has 0 spiro atoms. The van der Waals surface area contributed by atoms with Crippen molar-refractivity contribution >= 4 is 33.6 Å². The lowest BCUT2D eigenvalue weighted by Gasteiger charge is -2.30. The van der Waals surface area contributed by atoms with Gasteiger partial charge in [-0.25, -0.2) is 0 Å². The average molecular weight is 468 g/mol. The average Bonchev–Trinajstić information content (AvgIpc) is 3.25. The van der Waals surface area contributed by atoms with Gasteiger partial charge in [0.15, 0.2) is 0 Å². The van der Waals surface area contributed by atoms with Crippen LogP contribution in [0.4, 0.5) is 0 Å². The first-order valence-electron chi connectivity index (χ1n) is 9.54. The van der Waals surface area contributed by atoms with Crippen LogP contribution in [0.2, 0.25) is 0 Å². The predicted octanol–water partition coefficient (Wildman–Crippen LogP) is 5.86. The van der Waals surface area contributed by atoms with Crippen LogP contribution in [0, 0.1) is 0 Å². The molecule has 1 aliphatic heterocycles. The van der Waals surface area contributed by atoms with Crippen LogP contribution in [0.5, 0.6) is 5.75 Å². The summed E-state index contributed by atoms with van der Waals surface area (Å²) in [5, 5.41) is -0.0649. The number of nitrogens with zero attached hydrogens (tertiary/aromatic N) is 1. The van der Waals surface area contributed by atoms with Gasteiger partial charge in [0.2, 0.25) is 5.91 Å². The van der Waals surface area contributed by atoms with E-state index < -0.39 is 0 Å². The number of halogens is 1. The molecule has 1 heterocycles. The first-order valence-corrected chi connectivity index (χ1v) is 11.4. The second-order valence-electron chi connectivity index (χ2n) is 6.90. The van der Waals surface area contributed by atoms with Crippen molar-refractivity contribution in [2.45, 2.75) is 11.3 Å². The molecule has 1 aliphatic rings. The highest BCUT2D eigenvalue weighted by atomic mass is 79.9. The van der Waals surface area contributed by atoms with Crippen LogP contribution in [-0.2, 0) is 4.79 Å². The zero-order valence-corrected chi connectivity index (χ0v) is 18.5. The van der Waals surface area contributed by atoms with Crippen LogP contribution < -0.4 is 4.74 Å². The molecule has 1 unspecified atom stereocenters. The van der Waals surface area contributed by atoms with Crippen molar-refractivity contribution in [2.24, 2.45) is 0 Å². The fourth-order valence-corrected chi connectivity index (χ4v) is 5.44. The first kappa shape index (κ1) is 20.0. The fourth-order valence-electron chi connectivity index (χ4n) is 3.79. The monoisotopic (exact) mass is 467 g/mol. The van der Waals surface area contributed by atoms with Crippen molar-refractivity contribution in [2.75, 3.05) is 19.4 Å². The Hall–Kier alpha value is -2.24. The third-order valence-corrected chi connectivity index (χ3v) is 6.88. The van der Waals surface area contributed by atoms with Crippen LogP contribution in [0.25, 0.3) is 0 Å². The summed E-state index contributed by atoms with van der Waals surface area (Å²) in [7, 11) is 1.68. The summed E-state index contributed by atoms with van der Waals surface area (Å²) in [4.78, 5) is 15.9. The summed E-state index contributed by atoms with van der Waals surface area (Å²) in [6.07, 6.45) is 0. The minimum absolute atomic E-state index is 0.0649. The first-order chi connectivity index (χ1) is 14.2. The summed E-state index contributed by atoms with van der Waals surface area (Å²) in [6, 6.07) is 26.0. The summed E-state index contributed by atoms with van der Waals surface area (Å²) < 4.78 is 6.58. The smallest absolute Gasteiger partial charge is 0.235 e. The number of hydrogen-bond donors (Lipinski definition) is 0. The maximum absolute atomic E-state index is 13.9. The Labute approximate surface area is 184 Å². The van der Waals surface area contributed by atoms with Gasteiger partial charge in [-0.05, 0) is 29.3 Å². The normalized spacial score (nSPS) is 16.2. The molecule has 0 aromatic heterocycles. The second-order valence-corrected chi connectivity index (χ2v) is 9.00. The Morgan fingerprint density at radius 2 is 1.66 bits per heavy atom. The molecule has 4 rings (SSSR count). The lowest BCUT2D eigenvalue weighted by molar-refractivity contribution is -0.132. The molecule has 1 atom stereocenters. The lowest BCUT2D eigenvalue weighted by Crippen LogP contribution is -2.35. The van der Waals surface area contributed by atoms with Crippen molar-refractivity contribution in [3.63, 3.8) is 0 Å². The van der Waals surface area contributed by atoms with Gasteiger partial charge in [0.25, 0.3) is 0 Å². The molecule has 29 heavy (non-hydrogen) atoms. The maximum Gasteiger partial charge on any atom is 0.235 e. The fraction of sp³-hybridized carbons (Fsp3) is 0.208. The highest BCUT2D eigenvalue weighted by molar-refractivity contribution is 9.10. The molecule has 1 fully saturated rings. The van der Waals surface area contributed by atoms with Gasteiger partial charge in [-0.3, -0.25) is 4.79 Å². The minimum Gasteiger partial charge on any atom is -0.496 e. The van der Waals surface area contributed by atoms with Gasteiger partial charge < -0.3 is 9.64 Å². The summed E-state index contributed by atoms with van der Waals surface area (Å²) in [5.74, 6) is 1.51. The quantitative estimate of drug-likeness (QED) is 0.470. The second kappa shape index (κ2) is 9.06. The molecule has 3 aromatic carbocycles. The SMILES string of the molecule is COc1ccc(Br)cc1C1SCCN1C(=O)C(c1ccccc1)c1ccccc1. The summed E-state index contributed by atoms with van der Waals surface area (Å²) in [5.41, 5.74) is 3.05. The molecular formula is C24H22BrNO2S. The molecule has 1 amide bonds. The number of amides is 1. The van der Waals surface area contributed by atoms with Crippen molar-refractivity contribution in [1.82, 2.24) is 4.90 Å². The van der Waals surface area contributed by atoms with Crippen molar-refractivity contribution in [1.29, 1.82) is 0 Å². The zero-order chi connectivity index (χ0) is 20.2. The van der Waals surface area contributed by atoms with Crippen LogP contribution in [0.3, 0.4) is 0 Å². The Morgan fingerprint density at radius 1 is 1.03 bits per heavy atom. The topological polar surface area (TPSA) is 29.5 Å². The summed E-state index contributed by atoms with van der Waals surface area (Å²) in [6.45, 7) is 0.722. The van der Waals surface area contributed by atoms with E-state index >= 15 is 0 Å². The van der Waals surface area contributed by atoms with E-state index in [1.54, 1.807) is 18.9 Å². The number of ether oxygens (including phenoxy) is 1. The van der Waals surface area contributed by atoms with Crippen LogP contribution in [0.15, 0.2) is 83.3 Å². The molecular weight excluding hydrogens is 446 g/mol. The molecule has 0 bridgehead atoms. The van der Waals surface area contributed by atoms with E-state index in [0.29, 0.717) is 0 Å². The highest BCUT2D eigenvalue weighted by Crippen LogP contribution is 2.44. The van der Waals surface area contributed by atoms with E-state index in [4.69, 9.17) is 4.74 Å². The van der Waals surface area contributed by atoms with Gasteiger partial charge in [-0.15, -0.1) is 11.8 Å². The Kier molecular flexibility index (Phi) is 6.26. The highest BCUT2D eigenvalue weighted by Gasteiger charge is 2.37. The standard InChI is InChI=1S/C24H22BrNO2S/c1-28-21-13-12-19(25)16-20(21)24-26(14-15-29-24)23(27)22(17-8-4-2-5-9-17)18-10-6-3-7-11-18/h2-13,16,22,24H,14-15H2,1H3. The number of methoxy groups -OCH3 is 1. The van der Waals surface area contributed by atoms with Crippen molar-refractivity contribution < 1.29 is 9.53 Å². The van der Waals surface area contributed by atoms with E-state index in [9.17, 15) is 4.79 Å². The van der Waals surface area contributed by atoms with Gasteiger partial charge in [0.1, 0.15) is 11.1 Å². The van der Waals surface area contributed by atoms with Crippen LogP contribution in [0.1, 0.15) is 28.0 Å². The molecule has 0 aliphatic carbocycles. The number of carbonyl (C=O) groups excluding carboxylic acids is 1. The third kappa shape index (κ3) is 4.21. The molecule has 0 N–H and O–H groups in total. The molecule has 3 nitrogen and oxygen atoms in total. The largest absolute Gasteiger partial charge is 0.496 e. The molecule has 0 radical (unpaired) electrons. The van der Waals surface area contributed by atoms with E-state index in [1.807, 2.05) is 77.7 Å². The van der Waals surface area contributed by atoms with Gasteiger partial charge in [-0.2, -0.15) is 0 Å². The Balaban J connectivity index is 1.73. The number of benzene rings is 3. The number of rotatable bonds is 5. The van der Waals surface area contributed by atoms with Crippen molar-refractivity contribution in [3.05, 3.63) is 100 Å². The number of carbonyl (C=O) groups is 1.